The molecule has 26 heavy (non-hydrogen) atoms. The average Bonchev–Trinajstić information content (AvgIpc) is 2.71. The number of allylic oxidation sites excluding steroid dienone is 4. The lowest BCUT2D eigenvalue weighted by Gasteiger charge is -2.28. The predicted molar refractivity (Wildman–Crippen MR) is 102 cm³/mol. The molecule has 1 aliphatic rings. The first kappa shape index (κ1) is 22.3. The molecule has 5 nitrogen and oxygen atoms in total. The summed E-state index contributed by atoms with van der Waals surface area (Å²) in [5.74, 6) is -2.20. The normalized spacial score (nSPS) is 23.8. The molecule has 0 amide bonds. The van der Waals surface area contributed by atoms with Crippen molar-refractivity contribution in [3.05, 3.63) is 34.6 Å². The number of Topliss-reactive ketones (excluding diaryl/α,β-unsaturated/α-hetero) is 2. The van der Waals surface area contributed by atoms with Crippen LogP contribution in [0.5, 0.6) is 0 Å². The van der Waals surface area contributed by atoms with Crippen molar-refractivity contribution in [3.63, 3.8) is 0 Å². The summed E-state index contributed by atoms with van der Waals surface area (Å²) in [6.07, 6.45) is 4.52. The standard InChI is InChI=1S/C21H32O5/c1-13(2)8-9-16-19(24)18(17(23)11-14(3)4)20(25)21(16,26)10-6-7-15(5)12-22/h7-8,14,16,22,25-26H,6,9-12H2,1-5H3/b15-7+/t16-,21-/m0/s1. The molecule has 2 atom stereocenters. The molecule has 0 aliphatic heterocycles. The van der Waals surface area contributed by atoms with E-state index in [1.807, 2.05) is 33.8 Å². The second-order valence-electron chi connectivity index (χ2n) is 7.85. The number of rotatable bonds is 9. The number of hydrogen-bond acceptors (Lipinski definition) is 5. The Morgan fingerprint density at radius 1 is 1.23 bits per heavy atom. The molecule has 0 radical (unpaired) electrons. The quantitative estimate of drug-likeness (QED) is 0.430. The molecule has 0 aromatic rings. The molecule has 0 unspecified atom stereocenters. The molecule has 5 heteroatoms. The fraction of sp³-hybridized carbons (Fsp3) is 0.619. The van der Waals surface area contributed by atoms with Crippen LogP contribution in [0.15, 0.2) is 34.6 Å². The smallest absolute Gasteiger partial charge is 0.176 e. The van der Waals surface area contributed by atoms with Gasteiger partial charge < -0.3 is 15.3 Å². The van der Waals surface area contributed by atoms with Crippen molar-refractivity contribution in [2.75, 3.05) is 6.61 Å². The van der Waals surface area contributed by atoms with Crippen LogP contribution in [0.1, 0.15) is 60.3 Å². The zero-order valence-electron chi connectivity index (χ0n) is 16.5. The Balaban J connectivity index is 3.23. The highest BCUT2D eigenvalue weighted by atomic mass is 16.3. The monoisotopic (exact) mass is 364 g/mol. The minimum absolute atomic E-state index is 0.0515. The van der Waals surface area contributed by atoms with E-state index in [1.54, 1.807) is 13.0 Å². The van der Waals surface area contributed by atoms with E-state index in [-0.39, 0.29) is 37.4 Å². The van der Waals surface area contributed by atoms with Gasteiger partial charge in [-0.25, -0.2) is 0 Å². The van der Waals surface area contributed by atoms with Crippen LogP contribution in [-0.2, 0) is 9.59 Å². The molecular formula is C21H32O5. The summed E-state index contributed by atoms with van der Waals surface area (Å²) in [7, 11) is 0. The molecule has 0 fully saturated rings. The molecule has 0 aromatic carbocycles. The highest BCUT2D eigenvalue weighted by Crippen LogP contribution is 2.43. The van der Waals surface area contributed by atoms with Gasteiger partial charge in [-0.1, -0.05) is 37.1 Å². The van der Waals surface area contributed by atoms with Gasteiger partial charge in [-0.15, -0.1) is 0 Å². The number of aliphatic hydroxyl groups is 3. The average molecular weight is 364 g/mol. The number of ketones is 2. The van der Waals surface area contributed by atoms with Crippen molar-refractivity contribution >= 4 is 11.6 Å². The fourth-order valence-corrected chi connectivity index (χ4v) is 3.18. The molecule has 1 aliphatic carbocycles. The van der Waals surface area contributed by atoms with Crippen molar-refractivity contribution in [2.24, 2.45) is 11.8 Å². The van der Waals surface area contributed by atoms with Crippen LogP contribution < -0.4 is 0 Å². The summed E-state index contributed by atoms with van der Waals surface area (Å²) in [6, 6.07) is 0. The summed E-state index contributed by atoms with van der Waals surface area (Å²) in [5, 5.41) is 30.8. The Hall–Kier alpha value is -1.72. The van der Waals surface area contributed by atoms with E-state index < -0.39 is 28.8 Å². The Morgan fingerprint density at radius 2 is 1.85 bits per heavy atom. The van der Waals surface area contributed by atoms with Gasteiger partial charge in [0.05, 0.1) is 12.5 Å². The van der Waals surface area contributed by atoms with Crippen molar-refractivity contribution in [3.8, 4) is 0 Å². The molecule has 0 spiro atoms. The molecule has 3 N–H and O–H groups in total. The molecule has 0 saturated carbocycles. The summed E-state index contributed by atoms with van der Waals surface area (Å²) in [6.45, 7) is 9.19. The highest BCUT2D eigenvalue weighted by Gasteiger charge is 2.53. The molecule has 0 aromatic heterocycles. The van der Waals surface area contributed by atoms with Gasteiger partial charge >= 0.3 is 0 Å². The van der Waals surface area contributed by atoms with Gasteiger partial charge in [-0.05, 0) is 46.0 Å². The van der Waals surface area contributed by atoms with E-state index in [0.717, 1.165) is 11.1 Å². The summed E-state index contributed by atoms with van der Waals surface area (Å²) < 4.78 is 0. The van der Waals surface area contributed by atoms with Crippen LogP contribution in [0.3, 0.4) is 0 Å². The third-order valence-electron chi connectivity index (χ3n) is 4.69. The first-order valence-corrected chi connectivity index (χ1v) is 9.17. The summed E-state index contributed by atoms with van der Waals surface area (Å²) in [4.78, 5) is 25.3. The second-order valence-corrected chi connectivity index (χ2v) is 7.85. The van der Waals surface area contributed by atoms with Gasteiger partial charge in [0.15, 0.2) is 11.6 Å². The van der Waals surface area contributed by atoms with Crippen molar-refractivity contribution < 1.29 is 24.9 Å². The lowest BCUT2D eigenvalue weighted by Crippen LogP contribution is -2.38. The van der Waals surface area contributed by atoms with Crippen LogP contribution in [0.4, 0.5) is 0 Å². The minimum Gasteiger partial charge on any atom is -0.508 e. The fourth-order valence-electron chi connectivity index (χ4n) is 3.18. The van der Waals surface area contributed by atoms with Crippen molar-refractivity contribution in [1.82, 2.24) is 0 Å². The van der Waals surface area contributed by atoms with E-state index in [4.69, 9.17) is 5.11 Å². The Kier molecular flexibility index (Phi) is 7.97. The lowest BCUT2D eigenvalue weighted by atomic mass is 9.82. The zero-order valence-corrected chi connectivity index (χ0v) is 16.5. The minimum atomic E-state index is -1.75. The van der Waals surface area contributed by atoms with Gasteiger partial charge in [0.25, 0.3) is 0 Å². The molecule has 0 saturated heterocycles. The Bertz CT molecular complexity index is 635. The zero-order chi connectivity index (χ0) is 20.1. The van der Waals surface area contributed by atoms with E-state index >= 15 is 0 Å². The first-order chi connectivity index (χ1) is 12.0. The molecular weight excluding hydrogens is 332 g/mol. The number of aliphatic hydroxyl groups excluding tert-OH is 2. The van der Waals surface area contributed by atoms with Crippen LogP contribution >= 0.6 is 0 Å². The van der Waals surface area contributed by atoms with Crippen LogP contribution in [-0.4, -0.2) is 39.1 Å². The molecule has 0 heterocycles. The largest absolute Gasteiger partial charge is 0.508 e. The van der Waals surface area contributed by atoms with Gasteiger partial charge in [0.1, 0.15) is 16.9 Å². The Morgan fingerprint density at radius 3 is 2.35 bits per heavy atom. The number of hydrogen-bond donors (Lipinski definition) is 3. The third kappa shape index (κ3) is 5.15. The molecule has 146 valence electrons. The van der Waals surface area contributed by atoms with Crippen molar-refractivity contribution in [2.45, 2.75) is 65.9 Å². The lowest BCUT2D eigenvalue weighted by molar-refractivity contribution is -0.126. The maximum absolute atomic E-state index is 12.8. The third-order valence-corrected chi connectivity index (χ3v) is 4.69. The van der Waals surface area contributed by atoms with Crippen LogP contribution in [0.2, 0.25) is 0 Å². The number of carbonyl (C=O) groups excluding carboxylic acids is 2. The van der Waals surface area contributed by atoms with Gasteiger partial charge in [0.2, 0.25) is 0 Å². The summed E-state index contributed by atoms with van der Waals surface area (Å²) >= 11 is 0. The van der Waals surface area contributed by atoms with Gasteiger partial charge in [0, 0.05) is 6.42 Å². The Labute approximate surface area is 156 Å². The van der Waals surface area contributed by atoms with Gasteiger partial charge in [-0.3, -0.25) is 9.59 Å². The van der Waals surface area contributed by atoms with E-state index in [1.165, 1.54) is 0 Å². The van der Waals surface area contributed by atoms with E-state index in [0.29, 0.717) is 6.42 Å². The van der Waals surface area contributed by atoms with Gasteiger partial charge in [-0.2, -0.15) is 0 Å². The van der Waals surface area contributed by atoms with E-state index in [2.05, 4.69) is 0 Å². The number of carbonyl (C=O) groups is 2. The molecule has 0 bridgehead atoms. The van der Waals surface area contributed by atoms with Crippen molar-refractivity contribution in [1.29, 1.82) is 0 Å². The SMILES string of the molecule is CC(C)=CC[C@H]1C(=O)C(C(=O)CC(C)C)=C(O)[C@]1(O)CC/C=C(\C)CO. The predicted octanol–water partition coefficient (Wildman–Crippen LogP) is 3.42. The highest BCUT2D eigenvalue weighted by molar-refractivity contribution is 6.23. The first-order valence-electron chi connectivity index (χ1n) is 9.17. The maximum Gasteiger partial charge on any atom is 0.176 e. The summed E-state index contributed by atoms with van der Waals surface area (Å²) in [5.41, 5.74) is -0.246. The topological polar surface area (TPSA) is 94.8 Å². The van der Waals surface area contributed by atoms with Crippen LogP contribution in [0.25, 0.3) is 0 Å². The second kappa shape index (κ2) is 9.28. The molecule has 1 rings (SSSR count). The van der Waals surface area contributed by atoms with Crippen LogP contribution in [0, 0.1) is 11.8 Å². The maximum atomic E-state index is 12.8. The van der Waals surface area contributed by atoms with E-state index in [9.17, 15) is 19.8 Å².